The molecule has 0 aliphatic heterocycles. The zero-order chi connectivity index (χ0) is 9.84. The Hall–Kier alpha value is -1.30. The smallest absolute Gasteiger partial charge is 0.0224 e. The molecule has 0 bridgehead atoms. The highest BCUT2D eigenvalue weighted by atomic mass is 14.0. The second-order valence-electron chi connectivity index (χ2n) is 3.20. The van der Waals surface area contributed by atoms with Gasteiger partial charge in [-0.3, -0.25) is 0 Å². The summed E-state index contributed by atoms with van der Waals surface area (Å²) in [7, 11) is 0. The summed E-state index contributed by atoms with van der Waals surface area (Å²) in [6.07, 6.45) is 4.25. The van der Waals surface area contributed by atoms with Crippen LogP contribution in [0.4, 0.5) is 0 Å². The van der Waals surface area contributed by atoms with Crippen LogP contribution in [0.5, 0.6) is 0 Å². The van der Waals surface area contributed by atoms with E-state index in [1.54, 1.807) is 0 Å². The van der Waals surface area contributed by atoms with E-state index < -0.39 is 0 Å². The Kier molecular flexibility index (Phi) is 3.07. The summed E-state index contributed by atoms with van der Waals surface area (Å²) < 4.78 is 0. The third kappa shape index (κ3) is 2.09. The molecule has 0 N–H and O–H groups in total. The zero-order valence-electron chi connectivity index (χ0n) is 8.59. The molecule has 0 heteroatoms. The molecule has 0 nitrogen and oxygen atoms in total. The fraction of sp³-hybridized carbons (Fsp3) is 0.231. The SMILES string of the molecule is C=C(C)c1ccc(=C/C)/c(=C\C)c1. The highest BCUT2D eigenvalue weighted by molar-refractivity contribution is 5.61. The minimum absolute atomic E-state index is 1.12. The first-order valence-electron chi connectivity index (χ1n) is 4.57. The van der Waals surface area contributed by atoms with Gasteiger partial charge in [0.15, 0.2) is 0 Å². The third-order valence-corrected chi connectivity index (χ3v) is 2.20. The maximum absolute atomic E-state index is 3.93. The van der Waals surface area contributed by atoms with Crippen molar-refractivity contribution in [1.29, 1.82) is 0 Å². The zero-order valence-corrected chi connectivity index (χ0v) is 8.59. The standard InChI is InChI=1S/C13H16/c1-5-11-7-8-13(10(3)4)9-12(11)6-2/h5-9H,3H2,1-2,4H3/b11-5-,12-6-. The average Bonchev–Trinajstić information content (AvgIpc) is 2.16. The Morgan fingerprint density at radius 2 is 1.77 bits per heavy atom. The molecule has 1 rings (SSSR count). The predicted octanol–water partition coefficient (Wildman–Crippen LogP) is 2.32. The summed E-state index contributed by atoms with van der Waals surface area (Å²) in [5.41, 5.74) is 2.34. The van der Waals surface area contributed by atoms with Gasteiger partial charge in [0.25, 0.3) is 0 Å². The van der Waals surface area contributed by atoms with Crippen LogP contribution in [0.25, 0.3) is 17.7 Å². The Labute approximate surface area is 79.9 Å². The normalized spacial score (nSPS) is 13.5. The van der Waals surface area contributed by atoms with Crippen molar-refractivity contribution in [2.75, 3.05) is 0 Å². The predicted molar refractivity (Wildman–Crippen MR) is 60.7 cm³/mol. The topological polar surface area (TPSA) is 0 Å². The van der Waals surface area contributed by atoms with Crippen molar-refractivity contribution in [2.45, 2.75) is 20.8 Å². The molecule has 0 spiro atoms. The third-order valence-electron chi connectivity index (χ3n) is 2.20. The quantitative estimate of drug-likeness (QED) is 0.610. The molecule has 0 heterocycles. The maximum atomic E-state index is 3.93. The number of benzene rings is 1. The molecule has 0 fully saturated rings. The Bertz CT molecular complexity index is 422. The van der Waals surface area contributed by atoms with E-state index in [0.717, 1.165) is 5.57 Å². The molecular weight excluding hydrogens is 156 g/mol. The van der Waals surface area contributed by atoms with Gasteiger partial charge in [-0.1, -0.05) is 36.4 Å². The number of hydrogen-bond donors (Lipinski definition) is 0. The maximum Gasteiger partial charge on any atom is -0.0224 e. The molecule has 0 aliphatic rings. The Morgan fingerprint density at radius 3 is 2.23 bits per heavy atom. The van der Waals surface area contributed by atoms with Crippen molar-refractivity contribution < 1.29 is 0 Å². The highest BCUT2D eigenvalue weighted by Gasteiger charge is 1.91. The molecule has 0 unspecified atom stereocenters. The van der Waals surface area contributed by atoms with Crippen LogP contribution < -0.4 is 10.4 Å². The first-order valence-corrected chi connectivity index (χ1v) is 4.57. The second-order valence-corrected chi connectivity index (χ2v) is 3.20. The van der Waals surface area contributed by atoms with Crippen LogP contribution in [0.3, 0.4) is 0 Å². The van der Waals surface area contributed by atoms with Crippen LogP contribution in [0, 0.1) is 0 Å². The molecule has 0 atom stereocenters. The molecule has 0 amide bonds. The van der Waals surface area contributed by atoms with Crippen molar-refractivity contribution in [3.63, 3.8) is 0 Å². The van der Waals surface area contributed by atoms with Crippen LogP contribution in [0.1, 0.15) is 26.3 Å². The van der Waals surface area contributed by atoms with E-state index in [1.807, 2.05) is 6.92 Å². The lowest BCUT2D eigenvalue weighted by atomic mass is 10.1. The van der Waals surface area contributed by atoms with Crippen molar-refractivity contribution >= 4 is 17.7 Å². The van der Waals surface area contributed by atoms with Crippen molar-refractivity contribution in [3.05, 3.63) is 40.8 Å². The van der Waals surface area contributed by atoms with Crippen LogP contribution in [0.15, 0.2) is 24.8 Å². The lowest BCUT2D eigenvalue weighted by Gasteiger charge is -1.99. The number of hydrogen-bond acceptors (Lipinski definition) is 0. The van der Waals surface area contributed by atoms with Gasteiger partial charge < -0.3 is 0 Å². The monoisotopic (exact) mass is 172 g/mol. The van der Waals surface area contributed by atoms with E-state index in [-0.39, 0.29) is 0 Å². The molecule has 1 aromatic carbocycles. The minimum atomic E-state index is 1.12. The molecule has 0 aliphatic carbocycles. The van der Waals surface area contributed by atoms with Gasteiger partial charge in [0.2, 0.25) is 0 Å². The number of rotatable bonds is 1. The van der Waals surface area contributed by atoms with E-state index in [0.29, 0.717) is 0 Å². The molecule has 13 heavy (non-hydrogen) atoms. The van der Waals surface area contributed by atoms with Crippen molar-refractivity contribution in [3.8, 4) is 0 Å². The van der Waals surface area contributed by atoms with Crippen molar-refractivity contribution in [1.82, 2.24) is 0 Å². The molecule has 0 radical (unpaired) electrons. The van der Waals surface area contributed by atoms with E-state index in [9.17, 15) is 0 Å². The summed E-state index contributed by atoms with van der Waals surface area (Å²) in [4.78, 5) is 0. The Balaban J connectivity index is 3.49. The molecule has 1 aromatic rings. The fourth-order valence-electron chi connectivity index (χ4n) is 1.35. The second kappa shape index (κ2) is 4.08. The van der Waals surface area contributed by atoms with Gasteiger partial charge in [-0.05, 0) is 42.8 Å². The molecule has 0 saturated heterocycles. The molecule has 68 valence electrons. The van der Waals surface area contributed by atoms with Gasteiger partial charge in [-0.25, -0.2) is 0 Å². The molecule has 0 aromatic heterocycles. The summed E-state index contributed by atoms with van der Waals surface area (Å²) in [6, 6.07) is 6.43. The van der Waals surface area contributed by atoms with E-state index in [4.69, 9.17) is 0 Å². The lowest BCUT2D eigenvalue weighted by molar-refractivity contribution is 1.45. The Morgan fingerprint density at radius 1 is 1.15 bits per heavy atom. The van der Waals surface area contributed by atoms with Crippen LogP contribution in [0.2, 0.25) is 0 Å². The number of allylic oxidation sites excluding steroid dienone is 1. The van der Waals surface area contributed by atoms with Gasteiger partial charge in [-0.15, -0.1) is 0 Å². The van der Waals surface area contributed by atoms with E-state index in [2.05, 4.69) is 50.8 Å². The molecular formula is C13H16. The van der Waals surface area contributed by atoms with E-state index in [1.165, 1.54) is 16.0 Å². The van der Waals surface area contributed by atoms with Gasteiger partial charge in [0.05, 0.1) is 0 Å². The fourth-order valence-corrected chi connectivity index (χ4v) is 1.35. The molecule has 0 saturated carbocycles. The van der Waals surface area contributed by atoms with Gasteiger partial charge in [-0.2, -0.15) is 0 Å². The summed E-state index contributed by atoms with van der Waals surface area (Å²) >= 11 is 0. The van der Waals surface area contributed by atoms with Crippen LogP contribution in [-0.2, 0) is 0 Å². The van der Waals surface area contributed by atoms with Gasteiger partial charge in [0, 0.05) is 0 Å². The van der Waals surface area contributed by atoms with Gasteiger partial charge >= 0.3 is 0 Å². The van der Waals surface area contributed by atoms with E-state index >= 15 is 0 Å². The largest absolute Gasteiger partial charge is 0.0955 e. The highest BCUT2D eigenvalue weighted by Crippen LogP contribution is 2.05. The van der Waals surface area contributed by atoms with Crippen LogP contribution in [-0.4, -0.2) is 0 Å². The lowest BCUT2D eigenvalue weighted by Crippen LogP contribution is -2.23. The minimum Gasteiger partial charge on any atom is -0.0955 e. The summed E-state index contributed by atoms with van der Waals surface area (Å²) in [6.45, 7) is 10.1. The summed E-state index contributed by atoms with van der Waals surface area (Å²) in [5.74, 6) is 0. The van der Waals surface area contributed by atoms with Gasteiger partial charge in [0.1, 0.15) is 0 Å². The first kappa shape index (κ1) is 9.79. The summed E-state index contributed by atoms with van der Waals surface area (Å²) in [5, 5.41) is 2.57. The van der Waals surface area contributed by atoms with Crippen LogP contribution >= 0.6 is 0 Å². The average molecular weight is 172 g/mol. The first-order chi connectivity index (χ1) is 6.19. The van der Waals surface area contributed by atoms with Crippen molar-refractivity contribution in [2.24, 2.45) is 0 Å².